The number of rotatable bonds is 7. The third-order valence-corrected chi connectivity index (χ3v) is 4.94. The maximum absolute atomic E-state index is 11.2. The first kappa shape index (κ1) is 17.9. The Balaban J connectivity index is 1.89. The highest BCUT2D eigenvalue weighted by molar-refractivity contribution is 7.98. The number of benzene rings is 2. The SMILES string of the molecule is CCn1c(SCc2ccccc2[N+](=O)[O-])nnc1-c1ccccc1OC. The van der Waals surface area contributed by atoms with Crippen LogP contribution in [0.5, 0.6) is 5.75 Å². The summed E-state index contributed by atoms with van der Waals surface area (Å²) in [6.45, 7) is 2.69. The van der Waals surface area contributed by atoms with E-state index in [4.69, 9.17) is 4.74 Å². The zero-order valence-electron chi connectivity index (χ0n) is 14.5. The number of hydrogen-bond donors (Lipinski definition) is 0. The lowest BCUT2D eigenvalue weighted by Crippen LogP contribution is -2.01. The monoisotopic (exact) mass is 370 g/mol. The largest absolute Gasteiger partial charge is 0.496 e. The lowest BCUT2D eigenvalue weighted by Gasteiger charge is -2.10. The Morgan fingerprint density at radius 3 is 2.62 bits per heavy atom. The second-order valence-electron chi connectivity index (χ2n) is 5.43. The van der Waals surface area contributed by atoms with E-state index >= 15 is 0 Å². The molecule has 0 amide bonds. The van der Waals surface area contributed by atoms with Crippen LogP contribution >= 0.6 is 11.8 Å². The van der Waals surface area contributed by atoms with Gasteiger partial charge in [-0.05, 0) is 19.1 Å². The van der Waals surface area contributed by atoms with Crippen molar-refractivity contribution in [2.24, 2.45) is 0 Å². The van der Waals surface area contributed by atoms with Crippen LogP contribution in [-0.4, -0.2) is 26.8 Å². The first-order chi connectivity index (χ1) is 12.7. The summed E-state index contributed by atoms with van der Waals surface area (Å²) in [5, 5.41) is 20.5. The maximum Gasteiger partial charge on any atom is 0.273 e. The summed E-state index contributed by atoms with van der Waals surface area (Å²) in [5.41, 5.74) is 1.64. The zero-order valence-corrected chi connectivity index (χ0v) is 15.3. The lowest BCUT2D eigenvalue weighted by molar-refractivity contribution is -0.385. The molecule has 7 nitrogen and oxygen atoms in total. The van der Waals surface area contributed by atoms with E-state index in [1.54, 1.807) is 25.3 Å². The van der Waals surface area contributed by atoms with Gasteiger partial charge in [-0.1, -0.05) is 42.1 Å². The number of nitro groups is 1. The summed E-state index contributed by atoms with van der Waals surface area (Å²) in [4.78, 5) is 10.8. The fraction of sp³-hybridized carbons (Fsp3) is 0.222. The molecular formula is C18H18N4O3S. The minimum Gasteiger partial charge on any atom is -0.496 e. The van der Waals surface area contributed by atoms with E-state index in [0.29, 0.717) is 23.0 Å². The van der Waals surface area contributed by atoms with Crippen molar-refractivity contribution < 1.29 is 9.66 Å². The predicted molar refractivity (Wildman–Crippen MR) is 100 cm³/mol. The second kappa shape index (κ2) is 8.01. The van der Waals surface area contributed by atoms with Gasteiger partial charge in [-0.3, -0.25) is 10.1 Å². The molecule has 0 aliphatic heterocycles. The van der Waals surface area contributed by atoms with Gasteiger partial charge in [-0.25, -0.2) is 0 Å². The quantitative estimate of drug-likeness (QED) is 0.352. The molecule has 3 rings (SSSR count). The lowest BCUT2D eigenvalue weighted by atomic mass is 10.2. The average molecular weight is 370 g/mol. The number of methoxy groups -OCH3 is 1. The number of para-hydroxylation sites is 2. The Bertz CT molecular complexity index is 926. The summed E-state index contributed by atoms with van der Waals surface area (Å²) in [6, 6.07) is 14.4. The van der Waals surface area contributed by atoms with E-state index in [1.807, 2.05) is 35.8 Å². The van der Waals surface area contributed by atoms with Crippen LogP contribution in [0.4, 0.5) is 5.69 Å². The Hall–Kier alpha value is -2.87. The van der Waals surface area contributed by atoms with Gasteiger partial charge in [0.05, 0.1) is 17.6 Å². The third-order valence-electron chi connectivity index (χ3n) is 3.93. The molecule has 8 heteroatoms. The van der Waals surface area contributed by atoms with Crippen molar-refractivity contribution in [1.29, 1.82) is 0 Å². The van der Waals surface area contributed by atoms with Gasteiger partial charge < -0.3 is 9.30 Å². The van der Waals surface area contributed by atoms with Crippen molar-refractivity contribution in [3.63, 3.8) is 0 Å². The number of thioether (sulfide) groups is 1. The number of hydrogen-bond acceptors (Lipinski definition) is 6. The van der Waals surface area contributed by atoms with Gasteiger partial charge in [0, 0.05) is 23.9 Å². The Kier molecular flexibility index (Phi) is 5.52. The zero-order chi connectivity index (χ0) is 18.5. The highest BCUT2D eigenvalue weighted by Gasteiger charge is 2.18. The summed E-state index contributed by atoms with van der Waals surface area (Å²) < 4.78 is 7.40. The van der Waals surface area contributed by atoms with E-state index < -0.39 is 0 Å². The third kappa shape index (κ3) is 3.55. The van der Waals surface area contributed by atoms with Gasteiger partial charge >= 0.3 is 0 Å². The van der Waals surface area contributed by atoms with Crippen LogP contribution in [0.15, 0.2) is 53.7 Å². The van der Waals surface area contributed by atoms with Crippen molar-refractivity contribution in [1.82, 2.24) is 14.8 Å². The molecule has 0 unspecified atom stereocenters. The summed E-state index contributed by atoms with van der Waals surface area (Å²) in [7, 11) is 1.62. The number of nitro benzene ring substituents is 1. The van der Waals surface area contributed by atoms with E-state index in [1.165, 1.54) is 17.8 Å². The molecular weight excluding hydrogens is 352 g/mol. The summed E-state index contributed by atoms with van der Waals surface area (Å²) >= 11 is 1.43. The van der Waals surface area contributed by atoms with Gasteiger partial charge in [0.25, 0.3) is 5.69 Å². The predicted octanol–water partition coefficient (Wildman–Crippen LogP) is 4.17. The minimum atomic E-state index is -0.360. The summed E-state index contributed by atoms with van der Waals surface area (Å²) in [5.74, 6) is 1.89. The Morgan fingerprint density at radius 2 is 1.88 bits per heavy atom. The molecule has 0 aliphatic carbocycles. The van der Waals surface area contributed by atoms with Crippen molar-refractivity contribution in [3.05, 3.63) is 64.2 Å². The first-order valence-corrected chi connectivity index (χ1v) is 9.06. The van der Waals surface area contributed by atoms with Crippen LogP contribution in [0.1, 0.15) is 12.5 Å². The van der Waals surface area contributed by atoms with Crippen LogP contribution in [-0.2, 0) is 12.3 Å². The van der Waals surface area contributed by atoms with Crippen molar-refractivity contribution in [2.45, 2.75) is 24.4 Å². The molecule has 134 valence electrons. The molecule has 0 saturated carbocycles. The number of nitrogens with zero attached hydrogens (tertiary/aromatic N) is 4. The van der Waals surface area contributed by atoms with Crippen molar-refractivity contribution in [2.75, 3.05) is 7.11 Å². The van der Waals surface area contributed by atoms with Gasteiger partial charge in [-0.2, -0.15) is 0 Å². The number of aromatic nitrogens is 3. The van der Waals surface area contributed by atoms with Gasteiger partial charge in [-0.15, -0.1) is 10.2 Å². The maximum atomic E-state index is 11.2. The number of ether oxygens (including phenoxy) is 1. The van der Waals surface area contributed by atoms with Crippen LogP contribution in [0.3, 0.4) is 0 Å². The average Bonchev–Trinajstić information content (AvgIpc) is 3.09. The van der Waals surface area contributed by atoms with E-state index in [-0.39, 0.29) is 10.6 Å². The van der Waals surface area contributed by atoms with E-state index in [2.05, 4.69) is 10.2 Å². The highest BCUT2D eigenvalue weighted by atomic mass is 32.2. The molecule has 0 saturated heterocycles. The molecule has 26 heavy (non-hydrogen) atoms. The molecule has 2 aromatic carbocycles. The molecule has 0 fully saturated rings. The van der Waals surface area contributed by atoms with Crippen molar-refractivity contribution in [3.8, 4) is 17.1 Å². The smallest absolute Gasteiger partial charge is 0.273 e. The second-order valence-corrected chi connectivity index (χ2v) is 6.37. The van der Waals surface area contributed by atoms with E-state index in [9.17, 15) is 10.1 Å². The Labute approximate surface area is 155 Å². The molecule has 1 heterocycles. The van der Waals surface area contributed by atoms with Crippen LogP contribution < -0.4 is 4.74 Å². The van der Waals surface area contributed by atoms with Gasteiger partial charge in [0.1, 0.15) is 5.75 Å². The molecule has 0 spiro atoms. The van der Waals surface area contributed by atoms with Crippen LogP contribution in [0.25, 0.3) is 11.4 Å². The van der Waals surface area contributed by atoms with Crippen LogP contribution in [0, 0.1) is 10.1 Å². The summed E-state index contributed by atoms with van der Waals surface area (Å²) in [6.07, 6.45) is 0. The molecule has 0 bridgehead atoms. The van der Waals surface area contributed by atoms with Crippen molar-refractivity contribution >= 4 is 17.4 Å². The highest BCUT2D eigenvalue weighted by Crippen LogP contribution is 2.32. The fourth-order valence-electron chi connectivity index (χ4n) is 2.66. The standard InChI is InChI=1S/C18H18N4O3S/c1-3-21-17(14-9-5-7-11-16(14)25-2)19-20-18(21)26-12-13-8-4-6-10-15(13)22(23)24/h4-11H,3,12H2,1-2H3. The molecule has 0 aliphatic rings. The molecule has 0 atom stereocenters. The molecule has 1 aromatic heterocycles. The fourth-order valence-corrected chi connectivity index (χ4v) is 3.66. The van der Waals surface area contributed by atoms with E-state index in [0.717, 1.165) is 17.1 Å². The first-order valence-electron chi connectivity index (χ1n) is 8.07. The molecule has 0 radical (unpaired) electrons. The van der Waals surface area contributed by atoms with Crippen LogP contribution in [0.2, 0.25) is 0 Å². The molecule has 3 aromatic rings. The van der Waals surface area contributed by atoms with Gasteiger partial charge in [0.15, 0.2) is 11.0 Å². The van der Waals surface area contributed by atoms with Gasteiger partial charge in [0.2, 0.25) is 0 Å². The minimum absolute atomic E-state index is 0.118. The normalized spacial score (nSPS) is 10.7. The molecule has 0 N–H and O–H groups in total. The Morgan fingerprint density at radius 1 is 1.15 bits per heavy atom. The topological polar surface area (TPSA) is 83.1 Å².